The predicted molar refractivity (Wildman–Crippen MR) is 76.5 cm³/mol. The first-order chi connectivity index (χ1) is 9.22. The van der Waals surface area contributed by atoms with Gasteiger partial charge in [-0.15, -0.1) is 11.3 Å². The molecule has 19 heavy (non-hydrogen) atoms. The Morgan fingerprint density at radius 2 is 2.26 bits per heavy atom. The summed E-state index contributed by atoms with van der Waals surface area (Å²) < 4.78 is 4.90. The van der Waals surface area contributed by atoms with Gasteiger partial charge in [0.1, 0.15) is 0 Å². The molecule has 0 spiro atoms. The number of nitrogens with zero attached hydrogens (tertiary/aromatic N) is 1. The normalized spacial score (nSPS) is 10.4. The van der Waals surface area contributed by atoms with Crippen molar-refractivity contribution in [1.29, 1.82) is 0 Å². The number of pyridine rings is 1. The Balaban J connectivity index is 2.13. The number of hydrogen-bond donors (Lipinski definition) is 1. The van der Waals surface area contributed by atoms with E-state index in [1.165, 1.54) is 0 Å². The van der Waals surface area contributed by atoms with E-state index < -0.39 is 0 Å². The number of aromatic nitrogens is 1. The van der Waals surface area contributed by atoms with Crippen LogP contribution in [0.2, 0.25) is 0 Å². The van der Waals surface area contributed by atoms with Crippen LogP contribution in [0.4, 0.5) is 0 Å². The fourth-order valence-corrected chi connectivity index (χ4v) is 2.42. The molecule has 100 valence electrons. The predicted octanol–water partition coefficient (Wildman–Crippen LogP) is 2.49. The Hall–Kier alpha value is -1.72. The fraction of sp³-hybridized carbons (Fsp3) is 0.286. The number of ether oxygens (including phenoxy) is 1. The minimum atomic E-state index is -0.111. The zero-order valence-electron chi connectivity index (χ0n) is 11.0. The van der Waals surface area contributed by atoms with Gasteiger partial charge in [0, 0.05) is 13.7 Å². The molecule has 0 aliphatic heterocycles. The van der Waals surface area contributed by atoms with Crippen molar-refractivity contribution >= 4 is 17.2 Å². The third-order valence-electron chi connectivity index (χ3n) is 2.70. The molecule has 2 rings (SSSR count). The van der Waals surface area contributed by atoms with Gasteiger partial charge >= 0.3 is 0 Å². The molecule has 0 saturated carbocycles. The topological polar surface area (TPSA) is 51.2 Å². The molecular formula is C14H16N2O2S. The molecule has 1 amide bonds. The van der Waals surface area contributed by atoms with Gasteiger partial charge in [-0.3, -0.25) is 9.78 Å². The second-order valence-corrected chi connectivity index (χ2v) is 5.00. The monoisotopic (exact) mass is 276 g/mol. The number of carbonyl (C=O) groups is 1. The molecule has 4 nitrogen and oxygen atoms in total. The number of aryl methyl sites for hydroxylation is 1. The maximum atomic E-state index is 11.9. The van der Waals surface area contributed by atoms with Crippen molar-refractivity contribution in [2.45, 2.75) is 6.92 Å². The quantitative estimate of drug-likeness (QED) is 0.854. The van der Waals surface area contributed by atoms with Crippen molar-refractivity contribution in [1.82, 2.24) is 10.3 Å². The van der Waals surface area contributed by atoms with Crippen LogP contribution < -0.4 is 5.32 Å². The second kappa shape index (κ2) is 6.45. The van der Waals surface area contributed by atoms with Gasteiger partial charge < -0.3 is 10.1 Å². The molecule has 1 N–H and O–H groups in total. The lowest BCUT2D eigenvalue weighted by Crippen LogP contribution is -2.27. The summed E-state index contributed by atoms with van der Waals surface area (Å²) in [5.74, 6) is -0.111. The minimum Gasteiger partial charge on any atom is -0.383 e. The largest absolute Gasteiger partial charge is 0.383 e. The van der Waals surface area contributed by atoms with Crippen molar-refractivity contribution in [3.05, 3.63) is 40.9 Å². The van der Waals surface area contributed by atoms with Gasteiger partial charge in [-0.05, 0) is 30.5 Å². The van der Waals surface area contributed by atoms with Crippen LogP contribution in [-0.2, 0) is 4.74 Å². The molecule has 2 aromatic rings. The van der Waals surface area contributed by atoms with E-state index in [1.54, 1.807) is 18.4 Å². The van der Waals surface area contributed by atoms with Crippen LogP contribution in [0.1, 0.15) is 16.1 Å². The summed E-state index contributed by atoms with van der Waals surface area (Å²) in [4.78, 5) is 17.5. The highest BCUT2D eigenvalue weighted by Gasteiger charge is 2.11. The van der Waals surface area contributed by atoms with Crippen LogP contribution in [0.3, 0.4) is 0 Å². The first-order valence-electron chi connectivity index (χ1n) is 6.01. The zero-order valence-corrected chi connectivity index (χ0v) is 11.8. The molecule has 2 heterocycles. The third-order valence-corrected chi connectivity index (χ3v) is 3.59. The average molecular weight is 276 g/mol. The Morgan fingerprint density at radius 3 is 2.89 bits per heavy atom. The molecule has 0 unspecified atom stereocenters. The molecule has 0 bridgehead atoms. The Labute approximate surface area is 116 Å². The summed E-state index contributed by atoms with van der Waals surface area (Å²) >= 11 is 1.64. The molecule has 0 fully saturated rings. The first kappa shape index (κ1) is 13.7. The van der Waals surface area contributed by atoms with Crippen molar-refractivity contribution in [2.24, 2.45) is 0 Å². The third kappa shape index (κ3) is 3.39. The maximum absolute atomic E-state index is 11.9. The summed E-state index contributed by atoms with van der Waals surface area (Å²) in [6.45, 7) is 2.86. The summed E-state index contributed by atoms with van der Waals surface area (Å²) in [5, 5.41) is 4.81. The Kier molecular flexibility index (Phi) is 4.65. The summed E-state index contributed by atoms with van der Waals surface area (Å²) in [6.07, 6.45) is 0. The van der Waals surface area contributed by atoms with Crippen LogP contribution in [0.5, 0.6) is 0 Å². The minimum absolute atomic E-state index is 0.111. The molecule has 0 saturated heterocycles. The van der Waals surface area contributed by atoms with Crippen LogP contribution in [0, 0.1) is 6.92 Å². The molecule has 0 aliphatic rings. The lowest BCUT2D eigenvalue weighted by molar-refractivity contribution is 0.0936. The molecular weight excluding hydrogens is 260 g/mol. The molecule has 5 heteroatoms. The highest BCUT2D eigenvalue weighted by atomic mass is 32.1. The van der Waals surface area contributed by atoms with E-state index in [-0.39, 0.29) is 5.91 Å². The van der Waals surface area contributed by atoms with E-state index in [4.69, 9.17) is 4.74 Å². The van der Waals surface area contributed by atoms with Gasteiger partial charge in [0.05, 0.1) is 28.4 Å². The highest BCUT2D eigenvalue weighted by Crippen LogP contribution is 2.23. The van der Waals surface area contributed by atoms with E-state index in [0.29, 0.717) is 18.7 Å². The maximum Gasteiger partial charge on any atom is 0.253 e. The molecule has 0 aromatic carbocycles. The number of carbonyl (C=O) groups excluding carboxylic acids is 1. The number of amides is 1. The van der Waals surface area contributed by atoms with Crippen molar-refractivity contribution in [2.75, 3.05) is 20.3 Å². The first-order valence-corrected chi connectivity index (χ1v) is 6.89. The molecule has 0 atom stereocenters. The SMILES string of the molecule is COCCNC(=O)c1ccc(-c2cccs2)nc1C. The van der Waals surface area contributed by atoms with E-state index in [1.807, 2.05) is 36.6 Å². The number of methoxy groups -OCH3 is 1. The standard InChI is InChI=1S/C14H16N2O2S/c1-10-11(14(17)15-7-8-18-2)5-6-12(16-10)13-4-3-9-19-13/h3-6,9H,7-8H2,1-2H3,(H,15,17). The smallest absolute Gasteiger partial charge is 0.253 e. The average Bonchev–Trinajstić information content (AvgIpc) is 2.92. The Bertz CT molecular complexity index is 553. The molecule has 0 radical (unpaired) electrons. The highest BCUT2D eigenvalue weighted by molar-refractivity contribution is 7.13. The van der Waals surface area contributed by atoms with Gasteiger partial charge in [-0.2, -0.15) is 0 Å². The molecule has 2 aromatic heterocycles. The van der Waals surface area contributed by atoms with Crippen LogP contribution in [-0.4, -0.2) is 31.2 Å². The number of hydrogen-bond acceptors (Lipinski definition) is 4. The van der Waals surface area contributed by atoms with Gasteiger partial charge in [0.2, 0.25) is 0 Å². The lowest BCUT2D eigenvalue weighted by atomic mass is 10.1. The lowest BCUT2D eigenvalue weighted by Gasteiger charge is -2.08. The fourth-order valence-electron chi connectivity index (χ4n) is 1.72. The van der Waals surface area contributed by atoms with Crippen LogP contribution in [0.25, 0.3) is 10.6 Å². The van der Waals surface area contributed by atoms with Gasteiger partial charge in [-0.25, -0.2) is 0 Å². The van der Waals surface area contributed by atoms with Crippen molar-refractivity contribution < 1.29 is 9.53 Å². The van der Waals surface area contributed by atoms with Crippen LogP contribution >= 0.6 is 11.3 Å². The van der Waals surface area contributed by atoms with E-state index in [9.17, 15) is 4.79 Å². The Morgan fingerprint density at radius 1 is 1.42 bits per heavy atom. The van der Waals surface area contributed by atoms with E-state index in [2.05, 4.69) is 10.3 Å². The van der Waals surface area contributed by atoms with Crippen molar-refractivity contribution in [3.8, 4) is 10.6 Å². The van der Waals surface area contributed by atoms with E-state index in [0.717, 1.165) is 16.3 Å². The van der Waals surface area contributed by atoms with Crippen LogP contribution in [0.15, 0.2) is 29.6 Å². The van der Waals surface area contributed by atoms with E-state index >= 15 is 0 Å². The summed E-state index contributed by atoms with van der Waals surface area (Å²) in [6, 6.07) is 7.71. The van der Waals surface area contributed by atoms with Gasteiger partial charge in [0.15, 0.2) is 0 Å². The number of nitrogens with one attached hydrogen (secondary N) is 1. The van der Waals surface area contributed by atoms with Gasteiger partial charge in [0.25, 0.3) is 5.91 Å². The van der Waals surface area contributed by atoms with Crippen molar-refractivity contribution in [3.63, 3.8) is 0 Å². The summed E-state index contributed by atoms with van der Waals surface area (Å²) in [5.41, 5.74) is 2.25. The van der Waals surface area contributed by atoms with Gasteiger partial charge in [-0.1, -0.05) is 6.07 Å². The summed E-state index contributed by atoms with van der Waals surface area (Å²) in [7, 11) is 1.61. The number of thiophene rings is 1. The number of rotatable bonds is 5. The zero-order chi connectivity index (χ0) is 13.7. The molecule has 0 aliphatic carbocycles. The second-order valence-electron chi connectivity index (χ2n) is 4.06.